The minimum Gasteiger partial charge on any atom is -0.208 e. The fraction of sp³-hybridized carbons (Fsp3) is 0. The van der Waals surface area contributed by atoms with E-state index in [4.69, 9.17) is 15.0 Å². The lowest BCUT2D eigenvalue weighted by atomic mass is 9.95. The molecule has 0 aliphatic rings. The maximum Gasteiger partial charge on any atom is 0.165 e. The third-order valence-electron chi connectivity index (χ3n) is 10.3. The summed E-state index contributed by atoms with van der Waals surface area (Å²) in [5.41, 5.74) is 7.59. The summed E-state index contributed by atoms with van der Waals surface area (Å²) in [4.78, 5) is 15.6. The van der Waals surface area contributed by atoms with Gasteiger partial charge in [-0.3, -0.25) is 0 Å². The second-order valence-corrected chi connectivity index (χ2v) is 15.7. The van der Waals surface area contributed by atoms with E-state index in [2.05, 4.69) is 152 Å². The summed E-state index contributed by atoms with van der Waals surface area (Å²) >= 11 is 3.68. The van der Waals surface area contributed by atoms with Crippen LogP contribution in [0.2, 0.25) is 0 Å². The fourth-order valence-electron chi connectivity index (χ4n) is 7.73. The molecule has 5 heteroatoms. The van der Waals surface area contributed by atoms with Gasteiger partial charge in [0.25, 0.3) is 0 Å². The Hall–Kier alpha value is -6.53. The van der Waals surface area contributed by atoms with Crippen molar-refractivity contribution in [3.63, 3.8) is 0 Å². The normalized spacial score (nSPS) is 11.7. The number of rotatable bonds is 5. The van der Waals surface area contributed by atoms with Crippen molar-refractivity contribution in [2.75, 3.05) is 0 Å². The molecule has 0 unspecified atom stereocenters. The standard InChI is InChI=1S/C49H29N3S2/c1-3-12-30(13-4-1)31-22-24-34(25-23-31)48-50-47(33-15-5-2-6-16-33)51-49(52-48)41-29-35(28-40-38-18-9-10-20-42(38)53-46(40)41)36-19-11-21-43-44(36)39-27-26-32-14-7-8-17-37(32)45(39)54-43/h1-29H. The van der Waals surface area contributed by atoms with Crippen molar-refractivity contribution in [2.24, 2.45) is 0 Å². The molecular weight excluding hydrogens is 695 g/mol. The lowest BCUT2D eigenvalue weighted by molar-refractivity contribution is 1.08. The van der Waals surface area contributed by atoms with Gasteiger partial charge in [-0.15, -0.1) is 22.7 Å². The van der Waals surface area contributed by atoms with Crippen molar-refractivity contribution in [3.8, 4) is 56.4 Å². The molecule has 8 aromatic carbocycles. The first-order valence-electron chi connectivity index (χ1n) is 18.0. The van der Waals surface area contributed by atoms with Crippen LogP contribution in [0, 0.1) is 0 Å². The average molecular weight is 724 g/mol. The van der Waals surface area contributed by atoms with Gasteiger partial charge in [-0.1, -0.05) is 152 Å². The van der Waals surface area contributed by atoms with Crippen molar-refractivity contribution in [1.29, 1.82) is 0 Å². The highest BCUT2D eigenvalue weighted by Crippen LogP contribution is 2.47. The SMILES string of the molecule is c1ccc(-c2ccc(-c3nc(-c4ccccc4)nc(-c4cc(-c5cccc6sc7c8ccccc8ccc7c56)cc5c4sc4ccccc45)n3)cc2)cc1. The van der Waals surface area contributed by atoms with E-state index < -0.39 is 0 Å². The topological polar surface area (TPSA) is 38.7 Å². The van der Waals surface area contributed by atoms with E-state index in [0.717, 1.165) is 27.8 Å². The highest BCUT2D eigenvalue weighted by Gasteiger charge is 2.20. The van der Waals surface area contributed by atoms with Gasteiger partial charge in [0.15, 0.2) is 17.5 Å². The quantitative estimate of drug-likeness (QED) is 0.177. The van der Waals surface area contributed by atoms with Crippen LogP contribution in [0.15, 0.2) is 176 Å². The first-order chi connectivity index (χ1) is 26.7. The number of thiophene rings is 2. The molecule has 3 heterocycles. The van der Waals surface area contributed by atoms with Crippen LogP contribution in [0.5, 0.6) is 0 Å². The van der Waals surface area contributed by atoms with Gasteiger partial charge in [0.2, 0.25) is 0 Å². The summed E-state index contributed by atoms with van der Waals surface area (Å²) < 4.78 is 5.02. The van der Waals surface area contributed by atoms with E-state index in [1.165, 1.54) is 62.2 Å². The van der Waals surface area contributed by atoms with Gasteiger partial charge in [-0.25, -0.2) is 15.0 Å². The molecule has 0 radical (unpaired) electrons. The molecule has 0 bridgehead atoms. The Morgan fingerprint density at radius 1 is 0.315 bits per heavy atom. The predicted molar refractivity (Wildman–Crippen MR) is 230 cm³/mol. The number of hydrogen-bond donors (Lipinski definition) is 0. The third-order valence-corrected chi connectivity index (χ3v) is 12.8. The third kappa shape index (κ3) is 5.12. The number of hydrogen-bond acceptors (Lipinski definition) is 5. The van der Waals surface area contributed by atoms with Crippen molar-refractivity contribution in [1.82, 2.24) is 15.0 Å². The molecule has 0 fully saturated rings. The van der Waals surface area contributed by atoms with Crippen molar-refractivity contribution in [2.45, 2.75) is 0 Å². The second-order valence-electron chi connectivity index (χ2n) is 13.6. The lowest BCUT2D eigenvalue weighted by Crippen LogP contribution is -2.00. The summed E-state index contributed by atoms with van der Waals surface area (Å²) in [7, 11) is 0. The Morgan fingerprint density at radius 3 is 1.70 bits per heavy atom. The van der Waals surface area contributed by atoms with Crippen LogP contribution in [-0.4, -0.2) is 15.0 Å². The first-order valence-corrected chi connectivity index (χ1v) is 19.6. The molecule has 0 aliphatic heterocycles. The van der Waals surface area contributed by atoms with Crippen molar-refractivity contribution < 1.29 is 0 Å². The number of aromatic nitrogens is 3. The van der Waals surface area contributed by atoms with Crippen LogP contribution in [0.4, 0.5) is 0 Å². The van der Waals surface area contributed by atoms with E-state index >= 15 is 0 Å². The van der Waals surface area contributed by atoms with Gasteiger partial charge in [0.1, 0.15) is 0 Å². The van der Waals surface area contributed by atoms with Gasteiger partial charge < -0.3 is 0 Å². The highest BCUT2D eigenvalue weighted by atomic mass is 32.1. The summed E-state index contributed by atoms with van der Waals surface area (Å²) in [6.07, 6.45) is 0. The molecule has 0 amide bonds. The van der Waals surface area contributed by atoms with Gasteiger partial charge in [0, 0.05) is 57.0 Å². The molecule has 11 aromatic rings. The molecule has 0 aliphatic carbocycles. The summed E-state index contributed by atoms with van der Waals surface area (Å²) in [6.45, 7) is 0. The molecule has 0 saturated carbocycles. The molecular formula is C49H29N3S2. The minimum atomic E-state index is 0.649. The molecule has 0 N–H and O–H groups in total. The van der Waals surface area contributed by atoms with E-state index in [1.807, 2.05) is 35.6 Å². The molecule has 11 rings (SSSR count). The Kier molecular flexibility index (Phi) is 7.22. The predicted octanol–water partition coefficient (Wildman–Crippen LogP) is 14.1. The van der Waals surface area contributed by atoms with Gasteiger partial charge >= 0.3 is 0 Å². The molecule has 0 saturated heterocycles. The largest absolute Gasteiger partial charge is 0.208 e. The van der Waals surface area contributed by atoms with Crippen LogP contribution in [0.25, 0.3) is 108 Å². The van der Waals surface area contributed by atoms with Crippen LogP contribution in [0.1, 0.15) is 0 Å². The van der Waals surface area contributed by atoms with Gasteiger partial charge in [-0.05, 0) is 57.3 Å². The van der Waals surface area contributed by atoms with Crippen LogP contribution >= 0.6 is 22.7 Å². The number of nitrogens with zero attached hydrogens (tertiary/aromatic N) is 3. The van der Waals surface area contributed by atoms with Crippen LogP contribution < -0.4 is 0 Å². The molecule has 252 valence electrons. The van der Waals surface area contributed by atoms with E-state index in [-0.39, 0.29) is 0 Å². The first kappa shape index (κ1) is 31.0. The number of benzene rings is 8. The zero-order chi connectivity index (χ0) is 35.6. The van der Waals surface area contributed by atoms with Gasteiger partial charge in [-0.2, -0.15) is 0 Å². The zero-order valence-corrected chi connectivity index (χ0v) is 30.5. The van der Waals surface area contributed by atoms with Gasteiger partial charge in [0.05, 0.1) is 0 Å². The summed E-state index contributed by atoms with van der Waals surface area (Å²) in [6, 6.07) is 62.6. The maximum absolute atomic E-state index is 5.28. The van der Waals surface area contributed by atoms with Crippen LogP contribution in [-0.2, 0) is 0 Å². The Labute approximate surface area is 319 Å². The molecule has 0 atom stereocenters. The highest BCUT2D eigenvalue weighted by molar-refractivity contribution is 7.27. The molecule has 54 heavy (non-hydrogen) atoms. The smallest absolute Gasteiger partial charge is 0.165 e. The zero-order valence-electron chi connectivity index (χ0n) is 28.9. The Bertz CT molecular complexity index is 3200. The van der Waals surface area contributed by atoms with E-state index in [0.29, 0.717) is 17.5 Å². The van der Waals surface area contributed by atoms with E-state index in [9.17, 15) is 0 Å². The molecule has 3 nitrogen and oxygen atoms in total. The van der Waals surface area contributed by atoms with Crippen LogP contribution in [0.3, 0.4) is 0 Å². The second kappa shape index (κ2) is 12.6. The van der Waals surface area contributed by atoms with E-state index in [1.54, 1.807) is 11.3 Å². The number of fused-ring (bicyclic) bond motifs is 8. The molecule has 0 spiro atoms. The van der Waals surface area contributed by atoms with Crippen molar-refractivity contribution in [3.05, 3.63) is 176 Å². The van der Waals surface area contributed by atoms with Crippen molar-refractivity contribution >= 4 is 73.8 Å². The Morgan fingerprint density at radius 2 is 0.907 bits per heavy atom. The summed E-state index contributed by atoms with van der Waals surface area (Å²) in [5, 5.41) is 7.58. The monoisotopic (exact) mass is 723 g/mol. The maximum atomic E-state index is 5.28. The fourth-order valence-corrected chi connectivity index (χ4v) is 10.2. The summed E-state index contributed by atoms with van der Waals surface area (Å²) in [5.74, 6) is 1.97. The lowest BCUT2D eigenvalue weighted by Gasteiger charge is -2.12. The minimum absolute atomic E-state index is 0.649. The average Bonchev–Trinajstić information content (AvgIpc) is 3.83. The molecule has 3 aromatic heterocycles. The Balaban J connectivity index is 1.17.